The number of rotatable bonds is 5. The summed E-state index contributed by atoms with van der Waals surface area (Å²) in [5.74, 6) is 2.39. The van der Waals surface area contributed by atoms with Gasteiger partial charge in [0.1, 0.15) is 0 Å². The van der Waals surface area contributed by atoms with Crippen molar-refractivity contribution in [1.82, 2.24) is 4.31 Å². The molecule has 1 aromatic rings. The Morgan fingerprint density at radius 1 is 1.16 bits per heavy atom. The number of nitrogens with zero attached hydrogens (tertiary/aromatic N) is 1. The van der Waals surface area contributed by atoms with Crippen molar-refractivity contribution in [3.63, 3.8) is 0 Å². The lowest BCUT2D eigenvalue weighted by atomic mass is 10.1. The highest BCUT2D eigenvalue weighted by Crippen LogP contribution is 2.20. The molecule has 0 amide bonds. The summed E-state index contributed by atoms with van der Waals surface area (Å²) < 4.78 is 26.4. The monoisotopic (exact) mass is 319 g/mol. The fourth-order valence-corrected chi connectivity index (χ4v) is 4.74. The molecular formula is C13H18ClNO2S2. The zero-order valence-corrected chi connectivity index (χ0v) is 13.1. The molecule has 0 spiro atoms. The van der Waals surface area contributed by atoms with Crippen LogP contribution in [-0.4, -0.2) is 43.2 Å². The van der Waals surface area contributed by atoms with Crippen LogP contribution in [0.4, 0.5) is 0 Å². The average molecular weight is 320 g/mol. The SMILES string of the molecule is O=S(=O)(c1ccc(CCCCl)cc1)N1CCSCC1. The number of alkyl halides is 1. The van der Waals surface area contributed by atoms with Gasteiger partial charge in [0, 0.05) is 30.5 Å². The van der Waals surface area contributed by atoms with Crippen LogP contribution in [0.2, 0.25) is 0 Å². The summed E-state index contributed by atoms with van der Waals surface area (Å²) in [5.41, 5.74) is 1.13. The normalized spacial score (nSPS) is 17.5. The Balaban J connectivity index is 2.11. The molecule has 19 heavy (non-hydrogen) atoms. The first-order valence-electron chi connectivity index (χ1n) is 6.37. The number of hydrogen-bond acceptors (Lipinski definition) is 3. The Labute approximate surface area is 124 Å². The Morgan fingerprint density at radius 3 is 2.37 bits per heavy atom. The largest absolute Gasteiger partial charge is 0.243 e. The van der Waals surface area contributed by atoms with E-state index in [0.29, 0.717) is 23.9 Å². The van der Waals surface area contributed by atoms with Gasteiger partial charge >= 0.3 is 0 Å². The summed E-state index contributed by atoms with van der Waals surface area (Å²) >= 11 is 7.46. The smallest absolute Gasteiger partial charge is 0.207 e. The fourth-order valence-electron chi connectivity index (χ4n) is 2.04. The highest BCUT2D eigenvalue weighted by atomic mass is 35.5. The summed E-state index contributed by atoms with van der Waals surface area (Å²) in [6.07, 6.45) is 1.81. The molecule has 0 aromatic heterocycles. The van der Waals surface area contributed by atoms with E-state index in [9.17, 15) is 8.42 Å². The second-order valence-electron chi connectivity index (χ2n) is 4.45. The van der Waals surface area contributed by atoms with Crippen LogP contribution in [0.25, 0.3) is 0 Å². The molecule has 1 aliphatic heterocycles. The van der Waals surface area contributed by atoms with Crippen molar-refractivity contribution in [1.29, 1.82) is 0 Å². The van der Waals surface area contributed by atoms with Gasteiger partial charge in [-0.25, -0.2) is 8.42 Å². The Bertz CT molecular complexity index is 496. The maximum absolute atomic E-state index is 12.4. The van der Waals surface area contributed by atoms with Gasteiger partial charge in [0.25, 0.3) is 0 Å². The van der Waals surface area contributed by atoms with E-state index < -0.39 is 10.0 Å². The highest BCUT2D eigenvalue weighted by Gasteiger charge is 2.25. The molecule has 0 N–H and O–H groups in total. The van der Waals surface area contributed by atoms with Crippen LogP contribution in [0.3, 0.4) is 0 Å². The molecule has 6 heteroatoms. The van der Waals surface area contributed by atoms with Gasteiger partial charge in [0.2, 0.25) is 10.0 Å². The summed E-state index contributed by atoms with van der Waals surface area (Å²) in [7, 11) is -3.31. The molecule has 2 rings (SSSR count). The number of thioether (sulfide) groups is 1. The number of sulfonamides is 1. The lowest BCUT2D eigenvalue weighted by Gasteiger charge is -2.25. The molecule has 3 nitrogen and oxygen atoms in total. The summed E-state index contributed by atoms with van der Waals surface area (Å²) in [6, 6.07) is 7.19. The van der Waals surface area contributed by atoms with E-state index in [1.54, 1.807) is 28.2 Å². The van der Waals surface area contributed by atoms with E-state index in [1.165, 1.54) is 0 Å². The summed E-state index contributed by atoms with van der Waals surface area (Å²) in [5, 5.41) is 0. The predicted octanol–water partition coefficient (Wildman–Crippen LogP) is 2.60. The molecule has 1 heterocycles. The molecule has 0 radical (unpaired) electrons. The molecule has 0 bridgehead atoms. The topological polar surface area (TPSA) is 37.4 Å². The van der Waals surface area contributed by atoms with Gasteiger partial charge in [-0.05, 0) is 30.5 Å². The van der Waals surface area contributed by atoms with Crippen molar-refractivity contribution in [2.24, 2.45) is 0 Å². The Kier molecular flexibility index (Phi) is 5.57. The van der Waals surface area contributed by atoms with Crippen LogP contribution in [0.5, 0.6) is 0 Å². The minimum absolute atomic E-state index is 0.397. The second-order valence-corrected chi connectivity index (χ2v) is 7.99. The zero-order chi connectivity index (χ0) is 13.7. The predicted molar refractivity (Wildman–Crippen MR) is 81.6 cm³/mol. The molecule has 106 valence electrons. The van der Waals surface area contributed by atoms with E-state index >= 15 is 0 Å². The molecule has 0 saturated carbocycles. The van der Waals surface area contributed by atoms with E-state index in [1.807, 2.05) is 12.1 Å². The van der Waals surface area contributed by atoms with Crippen LogP contribution >= 0.6 is 23.4 Å². The van der Waals surface area contributed by atoms with Crippen molar-refractivity contribution in [3.8, 4) is 0 Å². The highest BCUT2D eigenvalue weighted by molar-refractivity contribution is 7.99. The first kappa shape index (κ1) is 15.2. The molecule has 1 aromatic carbocycles. The molecule has 1 fully saturated rings. The molecule has 0 unspecified atom stereocenters. The van der Waals surface area contributed by atoms with Crippen molar-refractivity contribution in [3.05, 3.63) is 29.8 Å². The standard InChI is InChI=1S/C13H18ClNO2S2/c14-7-1-2-12-3-5-13(6-4-12)19(16,17)15-8-10-18-11-9-15/h3-6H,1-2,7-11H2. The van der Waals surface area contributed by atoms with Gasteiger partial charge in [0.15, 0.2) is 0 Å². The van der Waals surface area contributed by atoms with Crippen LogP contribution < -0.4 is 0 Å². The molecule has 0 atom stereocenters. The van der Waals surface area contributed by atoms with E-state index in [-0.39, 0.29) is 0 Å². The third kappa shape index (κ3) is 3.88. The van der Waals surface area contributed by atoms with Gasteiger partial charge < -0.3 is 0 Å². The maximum atomic E-state index is 12.4. The maximum Gasteiger partial charge on any atom is 0.243 e. The van der Waals surface area contributed by atoms with Crippen molar-refractivity contribution in [2.75, 3.05) is 30.5 Å². The third-order valence-corrected chi connectivity index (χ3v) is 6.25. The Morgan fingerprint density at radius 2 is 1.79 bits per heavy atom. The van der Waals surface area contributed by atoms with Crippen molar-refractivity contribution < 1.29 is 8.42 Å². The van der Waals surface area contributed by atoms with Crippen molar-refractivity contribution in [2.45, 2.75) is 17.7 Å². The van der Waals surface area contributed by atoms with Crippen LogP contribution in [0.1, 0.15) is 12.0 Å². The molecule has 1 saturated heterocycles. The third-order valence-electron chi connectivity index (χ3n) is 3.13. The molecular weight excluding hydrogens is 302 g/mol. The molecule has 1 aliphatic rings. The van der Waals surface area contributed by atoms with Crippen LogP contribution in [0, 0.1) is 0 Å². The average Bonchev–Trinajstić information content (AvgIpc) is 2.46. The van der Waals surface area contributed by atoms with Gasteiger partial charge in [-0.2, -0.15) is 16.1 Å². The van der Waals surface area contributed by atoms with Crippen molar-refractivity contribution >= 4 is 33.4 Å². The number of halogens is 1. The quantitative estimate of drug-likeness (QED) is 0.783. The van der Waals surface area contributed by atoms with Crippen LogP contribution in [0.15, 0.2) is 29.2 Å². The zero-order valence-electron chi connectivity index (χ0n) is 10.7. The molecule has 0 aliphatic carbocycles. The first-order chi connectivity index (χ1) is 9.14. The minimum Gasteiger partial charge on any atom is -0.207 e. The fraction of sp³-hybridized carbons (Fsp3) is 0.538. The number of hydrogen-bond donors (Lipinski definition) is 0. The number of benzene rings is 1. The Hall–Kier alpha value is -0.230. The van der Waals surface area contributed by atoms with E-state index in [0.717, 1.165) is 29.9 Å². The van der Waals surface area contributed by atoms with E-state index in [2.05, 4.69) is 0 Å². The first-order valence-corrected chi connectivity index (χ1v) is 9.50. The van der Waals surface area contributed by atoms with Gasteiger partial charge in [-0.1, -0.05) is 12.1 Å². The second kappa shape index (κ2) is 6.97. The van der Waals surface area contributed by atoms with E-state index in [4.69, 9.17) is 11.6 Å². The van der Waals surface area contributed by atoms with Gasteiger partial charge in [-0.3, -0.25) is 0 Å². The summed E-state index contributed by atoms with van der Waals surface area (Å²) in [4.78, 5) is 0.397. The lowest BCUT2D eigenvalue weighted by Crippen LogP contribution is -2.37. The minimum atomic E-state index is -3.31. The summed E-state index contributed by atoms with van der Waals surface area (Å²) in [6.45, 7) is 1.22. The van der Waals surface area contributed by atoms with Crippen LogP contribution in [-0.2, 0) is 16.4 Å². The number of aryl methyl sites for hydroxylation is 1. The van der Waals surface area contributed by atoms with Gasteiger partial charge in [0.05, 0.1) is 4.90 Å². The lowest BCUT2D eigenvalue weighted by molar-refractivity contribution is 0.443. The van der Waals surface area contributed by atoms with Gasteiger partial charge in [-0.15, -0.1) is 11.6 Å².